The number of carbonyl (C=O) groups excluding carboxylic acids is 2. The summed E-state index contributed by atoms with van der Waals surface area (Å²) in [4.78, 5) is 30.1. The fraction of sp³-hybridized carbons (Fsp3) is 0.455. The number of nitrogens with one attached hydrogen (secondary N) is 1. The zero-order valence-electron chi connectivity index (χ0n) is 16.3. The molecule has 148 valence electrons. The second kappa shape index (κ2) is 8.53. The first-order valence-corrected chi connectivity index (χ1v) is 11.0. The second-order valence-corrected chi connectivity index (χ2v) is 8.72. The topological polar surface area (TPSA) is 52.7 Å². The molecule has 0 aromatic heterocycles. The van der Waals surface area contributed by atoms with E-state index in [4.69, 9.17) is 0 Å². The maximum atomic E-state index is 12.6. The third-order valence-electron chi connectivity index (χ3n) is 5.60. The number of piperazine rings is 1. The van der Waals surface area contributed by atoms with Crippen molar-refractivity contribution in [2.24, 2.45) is 0 Å². The number of thioether (sulfide) groups is 1. The number of carbonyl (C=O) groups is 2. The molecule has 1 saturated carbocycles. The van der Waals surface area contributed by atoms with Gasteiger partial charge in [-0.1, -0.05) is 30.3 Å². The third-order valence-corrected chi connectivity index (χ3v) is 6.58. The highest BCUT2D eigenvalue weighted by atomic mass is 32.2. The third kappa shape index (κ3) is 4.67. The molecule has 1 saturated heterocycles. The monoisotopic (exact) mass is 397 g/mol. The van der Waals surface area contributed by atoms with Crippen LogP contribution in [0, 0.1) is 0 Å². The van der Waals surface area contributed by atoms with Gasteiger partial charge in [0.1, 0.15) is 0 Å². The smallest absolute Gasteiger partial charge is 0.237 e. The molecule has 1 aliphatic heterocycles. The Bertz CT molecular complexity index is 860. The summed E-state index contributed by atoms with van der Waals surface area (Å²) in [7, 11) is 0. The Hall–Kier alpha value is -2.05. The zero-order chi connectivity index (χ0) is 19.5. The molecule has 2 aromatic rings. The highest BCUT2D eigenvalue weighted by molar-refractivity contribution is 8.00. The van der Waals surface area contributed by atoms with Gasteiger partial charge in [-0.3, -0.25) is 14.5 Å². The maximum Gasteiger partial charge on any atom is 0.237 e. The average molecular weight is 398 g/mol. The molecule has 2 aromatic carbocycles. The van der Waals surface area contributed by atoms with Crippen molar-refractivity contribution < 1.29 is 9.59 Å². The van der Waals surface area contributed by atoms with Crippen molar-refractivity contribution in [2.75, 3.05) is 31.9 Å². The van der Waals surface area contributed by atoms with Crippen LogP contribution in [-0.2, 0) is 9.59 Å². The van der Waals surface area contributed by atoms with Crippen LogP contribution in [0.2, 0.25) is 0 Å². The first-order valence-electron chi connectivity index (χ1n) is 10.0. The van der Waals surface area contributed by atoms with Gasteiger partial charge < -0.3 is 10.2 Å². The lowest BCUT2D eigenvalue weighted by molar-refractivity contribution is -0.131. The Labute approximate surface area is 170 Å². The van der Waals surface area contributed by atoms with Crippen molar-refractivity contribution in [1.82, 2.24) is 15.1 Å². The van der Waals surface area contributed by atoms with Crippen LogP contribution in [0.25, 0.3) is 10.8 Å². The van der Waals surface area contributed by atoms with Gasteiger partial charge in [0.15, 0.2) is 0 Å². The van der Waals surface area contributed by atoms with E-state index in [2.05, 4.69) is 40.5 Å². The van der Waals surface area contributed by atoms with Crippen molar-refractivity contribution in [3.63, 3.8) is 0 Å². The Morgan fingerprint density at radius 1 is 1.07 bits per heavy atom. The Morgan fingerprint density at radius 2 is 1.79 bits per heavy atom. The molecule has 5 nitrogen and oxygen atoms in total. The SMILES string of the molecule is CC(C(=O)NC1CC1)N1CCN(C(=O)CSc2ccc3ccccc3c2)CC1. The highest BCUT2D eigenvalue weighted by Crippen LogP contribution is 2.24. The van der Waals surface area contributed by atoms with E-state index in [1.165, 1.54) is 10.8 Å². The lowest BCUT2D eigenvalue weighted by atomic mass is 10.1. The Balaban J connectivity index is 1.24. The van der Waals surface area contributed by atoms with Crippen LogP contribution in [-0.4, -0.2) is 65.6 Å². The molecule has 1 aliphatic carbocycles. The maximum absolute atomic E-state index is 12.6. The van der Waals surface area contributed by atoms with Gasteiger partial charge in [-0.25, -0.2) is 0 Å². The molecular formula is C22H27N3O2S. The predicted molar refractivity (Wildman–Crippen MR) is 113 cm³/mol. The molecule has 4 rings (SSSR count). The van der Waals surface area contributed by atoms with Gasteiger partial charge in [0.05, 0.1) is 11.8 Å². The quantitative estimate of drug-likeness (QED) is 0.762. The standard InChI is InChI=1S/C22H27N3O2S/c1-16(22(27)23-19-7-8-19)24-10-12-25(13-11-24)21(26)15-28-20-9-6-17-4-2-3-5-18(17)14-20/h2-6,9,14,16,19H,7-8,10-13,15H2,1H3,(H,23,27). The summed E-state index contributed by atoms with van der Waals surface area (Å²) in [5, 5.41) is 5.49. The summed E-state index contributed by atoms with van der Waals surface area (Å²) in [5.74, 6) is 0.748. The van der Waals surface area contributed by atoms with Gasteiger partial charge in [0.2, 0.25) is 11.8 Å². The summed E-state index contributed by atoms with van der Waals surface area (Å²) < 4.78 is 0. The minimum atomic E-state index is -0.121. The highest BCUT2D eigenvalue weighted by Gasteiger charge is 2.30. The van der Waals surface area contributed by atoms with Crippen LogP contribution in [0.1, 0.15) is 19.8 Å². The van der Waals surface area contributed by atoms with E-state index in [1.807, 2.05) is 24.0 Å². The van der Waals surface area contributed by atoms with Crippen molar-refractivity contribution in [1.29, 1.82) is 0 Å². The van der Waals surface area contributed by atoms with Crippen molar-refractivity contribution in [3.8, 4) is 0 Å². The summed E-state index contributed by atoms with van der Waals surface area (Å²) >= 11 is 1.59. The number of benzene rings is 2. The number of nitrogens with zero attached hydrogens (tertiary/aromatic N) is 2. The summed E-state index contributed by atoms with van der Waals surface area (Å²) in [6, 6.07) is 14.9. The van der Waals surface area contributed by atoms with Crippen LogP contribution in [0.5, 0.6) is 0 Å². The van der Waals surface area contributed by atoms with Crippen molar-refractivity contribution in [3.05, 3.63) is 42.5 Å². The number of rotatable bonds is 6. The van der Waals surface area contributed by atoms with Gasteiger partial charge in [0, 0.05) is 37.1 Å². The van der Waals surface area contributed by atoms with Gasteiger partial charge in [-0.05, 0) is 42.7 Å². The molecule has 0 spiro atoms. The fourth-order valence-electron chi connectivity index (χ4n) is 3.57. The van der Waals surface area contributed by atoms with Crippen LogP contribution in [0.15, 0.2) is 47.4 Å². The minimum absolute atomic E-state index is 0.120. The molecule has 0 radical (unpaired) electrons. The molecule has 2 aliphatic rings. The van der Waals surface area contributed by atoms with E-state index in [9.17, 15) is 9.59 Å². The Kier molecular flexibility index (Phi) is 5.87. The van der Waals surface area contributed by atoms with Gasteiger partial charge in [0.25, 0.3) is 0 Å². The molecule has 2 fully saturated rings. The van der Waals surface area contributed by atoms with E-state index in [-0.39, 0.29) is 17.9 Å². The number of hydrogen-bond acceptors (Lipinski definition) is 4. The Morgan fingerprint density at radius 3 is 2.50 bits per heavy atom. The van der Waals surface area contributed by atoms with Crippen LogP contribution >= 0.6 is 11.8 Å². The molecule has 6 heteroatoms. The fourth-order valence-corrected chi connectivity index (χ4v) is 4.41. The molecule has 1 unspecified atom stereocenters. The molecule has 1 atom stereocenters. The zero-order valence-corrected chi connectivity index (χ0v) is 17.1. The average Bonchev–Trinajstić information content (AvgIpc) is 3.55. The van der Waals surface area contributed by atoms with E-state index in [0.29, 0.717) is 24.9 Å². The van der Waals surface area contributed by atoms with Crippen LogP contribution in [0.3, 0.4) is 0 Å². The molecule has 1 N–H and O–H groups in total. The summed E-state index contributed by atoms with van der Waals surface area (Å²) in [6.07, 6.45) is 2.21. The van der Waals surface area contributed by atoms with E-state index in [0.717, 1.165) is 30.8 Å². The first kappa shape index (κ1) is 19.3. The number of hydrogen-bond donors (Lipinski definition) is 1. The molecule has 28 heavy (non-hydrogen) atoms. The summed E-state index contributed by atoms with van der Waals surface area (Å²) in [6.45, 7) is 4.86. The van der Waals surface area contributed by atoms with E-state index < -0.39 is 0 Å². The largest absolute Gasteiger partial charge is 0.352 e. The number of amides is 2. The van der Waals surface area contributed by atoms with Crippen LogP contribution < -0.4 is 5.32 Å². The minimum Gasteiger partial charge on any atom is -0.352 e. The van der Waals surface area contributed by atoms with Gasteiger partial charge in [-0.2, -0.15) is 0 Å². The lowest BCUT2D eigenvalue weighted by Gasteiger charge is -2.37. The molecule has 0 bridgehead atoms. The first-order chi connectivity index (χ1) is 13.6. The van der Waals surface area contributed by atoms with Crippen molar-refractivity contribution in [2.45, 2.75) is 36.7 Å². The predicted octanol–water partition coefficient (Wildman–Crippen LogP) is 2.74. The molecule has 1 heterocycles. The molecule has 2 amide bonds. The van der Waals surface area contributed by atoms with Crippen molar-refractivity contribution >= 4 is 34.3 Å². The van der Waals surface area contributed by atoms with E-state index in [1.54, 1.807) is 11.8 Å². The normalized spacial score (nSPS) is 18.8. The second-order valence-electron chi connectivity index (χ2n) is 7.67. The van der Waals surface area contributed by atoms with Gasteiger partial charge >= 0.3 is 0 Å². The summed E-state index contributed by atoms with van der Waals surface area (Å²) in [5.41, 5.74) is 0. The van der Waals surface area contributed by atoms with Crippen LogP contribution in [0.4, 0.5) is 0 Å². The number of fused-ring (bicyclic) bond motifs is 1. The van der Waals surface area contributed by atoms with E-state index >= 15 is 0 Å². The molecular weight excluding hydrogens is 370 g/mol. The lowest BCUT2D eigenvalue weighted by Crippen LogP contribution is -2.55. The van der Waals surface area contributed by atoms with Gasteiger partial charge in [-0.15, -0.1) is 11.8 Å².